The Balaban J connectivity index is 2.71. The minimum absolute atomic E-state index is 0.143. The Kier molecular flexibility index (Phi) is 5.80. The van der Waals surface area contributed by atoms with Gasteiger partial charge < -0.3 is 14.7 Å². The second-order valence-corrected chi connectivity index (χ2v) is 4.91. The topological polar surface area (TPSA) is 66.8 Å². The molecule has 1 aromatic heterocycles. The first-order valence-corrected chi connectivity index (χ1v) is 6.48. The maximum absolute atomic E-state index is 12.2. The van der Waals surface area contributed by atoms with Gasteiger partial charge in [-0.05, 0) is 11.4 Å². The van der Waals surface area contributed by atoms with E-state index in [1.807, 2.05) is 5.38 Å². The molecule has 0 aliphatic rings. The van der Waals surface area contributed by atoms with E-state index in [4.69, 9.17) is 9.84 Å². The van der Waals surface area contributed by atoms with E-state index in [0.717, 1.165) is 0 Å². The number of rotatable bonds is 7. The predicted molar refractivity (Wildman–Crippen MR) is 68.9 cm³/mol. The largest absolute Gasteiger partial charge is 0.481 e. The molecule has 0 fully saturated rings. The third-order valence-corrected chi connectivity index (χ3v) is 3.36. The number of nitrogens with zero attached hydrogens (tertiary/aromatic N) is 1. The lowest BCUT2D eigenvalue weighted by atomic mass is 10.1. The second-order valence-electron chi connectivity index (χ2n) is 3.96. The number of methoxy groups -OCH3 is 1. The molecule has 1 amide bonds. The first-order chi connectivity index (χ1) is 8.56. The van der Waals surface area contributed by atoms with Gasteiger partial charge in [0.05, 0.1) is 17.4 Å². The van der Waals surface area contributed by atoms with Crippen molar-refractivity contribution in [3.63, 3.8) is 0 Å². The fourth-order valence-corrected chi connectivity index (χ4v) is 2.13. The molecule has 1 atom stereocenters. The number of amides is 1. The first kappa shape index (κ1) is 14.7. The number of ether oxygens (including phenoxy) is 1. The summed E-state index contributed by atoms with van der Waals surface area (Å²) in [4.78, 5) is 25.1. The van der Waals surface area contributed by atoms with Gasteiger partial charge in [0.25, 0.3) is 5.91 Å². The Morgan fingerprint density at radius 1 is 1.56 bits per heavy atom. The van der Waals surface area contributed by atoms with Gasteiger partial charge in [-0.15, -0.1) is 11.3 Å². The summed E-state index contributed by atoms with van der Waals surface area (Å²) in [6.07, 6.45) is 0. The molecule has 1 N–H and O–H groups in total. The Bertz CT molecular complexity index is 391. The zero-order valence-electron chi connectivity index (χ0n) is 10.5. The molecule has 1 aromatic rings. The molecule has 0 aromatic carbocycles. The standard InChI is InChI=1S/C12H17NO4S/c1-9(12(15)16)8-13(5-6-17-2)11(14)10-4-3-7-18-10/h3-4,7,9H,5-6,8H2,1-2H3,(H,15,16). The van der Waals surface area contributed by atoms with Crippen molar-refractivity contribution in [1.29, 1.82) is 0 Å². The molecule has 0 bridgehead atoms. The van der Waals surface area contributed by atoms with Gasteiger partial charge in [0, 0.05) is 20.2 Å². The lowest BCUT2D eigenvalue weighted by molar-refractivity contribution is -0.141. The molecule has 0 saturated carbocycles. The van der Waals surface area contributed by atoms with Crippen LogP contribution in [0, 0.1) is 5.92 Å². The smallest absolute Gasteiger partial charge is 0.308 e. The lowest BCUT2D eigenvalue weighted by Crippen LogP contribution is -2.38. The Hall–Kier alpha value is -1.40. The Labute approximate surface area is 110 Å². The van der Waals surface area contributed by atoms with Gasteiger partial charge >= 0.3 is 5.97 Å². The third-order valence-electron chi connectivity index (χ3n) is 2.50. The highest BCUT2D eigenvalue weighted by Gasteiger charge is 2.21. The molecular formula is C12H17NO4S. The zero-order valence-corrected chi connectivity index (χ0v) is 11.3. The fraction of sp³-hybridized carbons (Fsp3) is 0.500. The van der Waals surface area contributed by atoms with Crippen LogP contribution in [-0.4, -0.2) is 48.7 Å². The van der Waals surface area contributed by atoms with Crippen molar-refractivity contribution in [2.24, 2.45) is 5.92 Å². The quantitative estimate of drug-likeness (QED) is 0.817. The Morgan fingerprint density at radius 2 is 2.28 bits per heavy atom. The van der Waals surface area contributed by atoms with Gasteiger partial charge in [-0.25, -0.2) is 0 Å². The van der Waals surface area contributed by atoms with E-state index in [1.165, 1.54) is 16.2 Å². The molecule has 5 nitrogen and oxygen atoms in total. The minimum atomic E-state index is -0.906. The number of thiophene rings is 1. The predicted octanol–water partition coefficient (Wildman–Crippen LogP) is 1.56. The van der Waals surface area contributed by atoms with Crippen LogP contribution in [0.2, 0.25) is 0 Å². The van der Waals surface area contributed by atoms with Gasteiger partial charge in [0.15, 0.2) is 0 Å². The van der Waals surface area contributed by atoms with E-state index < -0.39 is 11.9 Å². The van der Waals surface area contributed by atoms with Crippen molar-refractivity contribution >= 4 is 23.2 Å². The van der Waals surface area contributed by atoms with E-state index in [2.05, 4.69) is 0 Å². The van der Waals surface area contributed by atoms with Crippen LogP contribution in [0.4, 0.5) is 0 Å². The molecule has 1 heterocycles. The van der Waals surface area contributed by atoms with Crippen molar-refractivity contribution in [2.45, 2.75) is 6.92 Å². The van der Waals surface area contributed by atoms with Crippen LogP contribution in [0.5, 0.6) is 0 Å². The SMILES string of the molecule is COCCN(CC(C)C(=O)O)C(=O)c1cccs1. The fourth-order valence-electron chi connectivity index (χ4n) is 1.44. The lowest BCUT2D eigenvalue weighted by Gasteiger charge is -2.23. The number of hydrogen-bond acceptors (Lipinski definition) is 4. The summed E-state index contributed by atoms with van der Waals surface area (Å²) in [5.74, 6) is -1.64. The molecule has 0 saturated heterocycles. The maximum atomic E-state index is 12.2. The van der Waals surface area contributed by atoms with Crippen LogP contribution >= 0.6 is 11.3 Å². The van der Waals surface area contributed by atoms with Gasteiger partial charge in [0.1, 0.15) is 0 Å². The monoisotopic (exact) mass is 271 g/mol. The van der Waals surface area contributed by atoms with Gasteiger partial charge in [0.2, 0.25) is 0 Å². The number of carboxylic acids is 1. The average Bonchev–Trinajstić information content (AvgIpc) is 2.86. The van der Waals surface area contributed by atoms with Crippen molar-refractivity contribution in [2.75, 3.05) is 26.8 Å². The van der Waals surface area contributed by atoms with Crippen LogP contribution in [-0.2, 0) is 9.53 Å². The molecular weight excluding hydrogens is 254 g/mol. The summed E-state index contributed by atoms with van der Waals surface area (Å²) in [5.41, 5.74) is 0. The van der Waals surface area contributed by atoms with Crippen LogP contribution in [0.25, 0.3) is 0 Å². The molecule has 0 aliphatic heterocycles. The van der Waals surface area contributed by atoms with E-state index in [9.17, 15) is 9.59 Å². The van der Waals surface area contributed by atoms with Crippen molar-refractivity contribution in [1.82, 2.24) is 4.90 Å². The molecule has 0 spiro atoms. The highest BCUT2D eigenvalue weighted by atomic mass is 32.1. The third kappa shape index (κ3) is 4.12. The highest BCUT2D eigenvalue weighted by molar-refractivity contribution is 7.12. The molecule has 18 heavy (non-hydrogen) atoms. The maximum Gasteiger partial charge on any atom is 0.308 e. The molecule has 6 heteroatoms. The van der Waals surface area contributed by atoms with E-state index in [1.54, 1.807) is 26.2 Å². The summed E-state index contributed by atoms with van der Waals surface area (Å²) in [5, 5.41) is 10.7. The zero-order chi connectivity index (χ0) is 13.5. The summed E-state index contributed by atoms with van der Waals surface area (Å²) in [6.45, 7) is 2.56. The summed E-state index contributed by atoms with van der Waals surface area (Å²) in [7, 11) is 1.55. The summed E-state index contributed by atoms with van der Waals surface area (Å²) < 4.78 is 4.94. The van der Waals surface area contributed by atoms with Gasteiger partial charge in [-0.2, -0.15) is 0 Å². The van der Waals surface area contributed by atoms with Crippen LogP contribution in [0.15, 0.2) is 17.5 Å². The number of hydrogen-bond donors (Lipinski definition) is 1. The molecule has 1 unspecified atom stereocenters. The number of carbonyl (C=O) groups excluding carboxylic acids is 1. The van der Waals surface area contributed by atoms with Crippen LogP contribution in [0.3, 0.4) is 0 Å². The normalized spacial score (nSPS) is 12.1. The molecule has 1 rings (SSSR count). The minimum Gasteiger partial charge on any atom is -0.481 e. The van der Waals surface area contributed by atoms with Crippen LogP contribution in [0.1, 0.15) is 16.6 Å². The van der Waals surface area contributed by atoms with E-state index in [-0.39, 0.29) is 12.5 Å². The number of aliphatic carboxylic acids is 1. The highest BCUT2D eigenvalue weighted by Crippen LogP contribution is 2.13. The van der Waals surface area contributed by atoms with Gasteiger partial charge in [-0.3, -0.25) is 9.59 Å². The van der Waals surface area contributed by atoms with Crippen LogP contribution < -0.4 is 0 Å². The molecule has 0 radical (unpaired) electrons. The van der Waals surface area contributed by atoms with Gasteiger partial charge in [-0.1, -0.05) is 13.0 Å². The Morgan fingerprint density at radius 3 is 2.78 bits per heavy atom. The van der Waals surface area contributed by atoms with Crippen molar-refractivity contribution in [3.05, 3.63) is 22.4 Å². The summed E-state index contributed by atoms with van der Waals surface area (Å²) >= 11 is 1.35. The number of carbonyl (C=O) groups is 2. The molecule has 0 aliphatic carbocycles. The summed E-state index contributed by atoms with van der Waals surface area (Å²) in [6, 6.07) is 3.53. The van der Waals surface area contributed by atoms with Crippen molar-refractivity contribution in [3.8, 4) is 0 Å². The second kappa shape index (κ2) is 7.13. The average molecular weight is 271 g/mol. The number of carboxylic acid groups (broad SMARTS) is 1. The molecule has 100 valence electrons. The first-order valence-electron chi connectivity index (χ1n) is 5.60. The van der Waals surface area contributed by atoms with Crippen molar-refractivity contribution < 1.29 is 19.4 Å². The van der Waals surface area contributed by atoms with E-state index in [0.29, 0.717) is 18.0 Å². The van der Waals surface area contributed by atoms with E-state index >= 15 is 0 Å².